The van der Waals surface area contributed by atoms with Crippen molar-refractivity contribution in [2.24, 2.45) is 0 Å². The van der Waals surface area contributed by atoms with Crippen LogP contribution in [-0.2, 0) is 6.54 Å². The lowest BCUT2D eigenvalue weighted by molar-refractivity contribution is 0.887. The van der Waals surface area contributed by atoms with Crippen molar-refractivity contribution in [1.29, 1.82) is 0 Å². The Labute approximate surface area is 86.5 Å². The molecule has 1 heterocycles. The van der Waals surface area contributed by atoms with Gasteiger partial charge in [-0.15, -0.1) is 6.42 Å². The van der Waals surface area contributed by atoms with Crippen molar-refractivity contribution in [2.45, 2.75) is 6.54 Å². The van der Waals surface area contributed by atoms with Crippen LogP contribution in [0.1, 0.15) is 0 Å². The van der Waals surface area contributed by atoms with Crippen molar-refractivity contribution < 1.29 is 0 Å². The van der Waals surface area contributed by atoms with E-state index in [1.807, 2.05) is 6.07 Å². The molecule has 70 valence electrons. The summed E-state index contributed by atoms with van der Waals surface area (Å²) in [4.78, 5) is 4.15. The van der Waals surface area contributed by atoms with Gasteiger partial charge in [0.05, 0.1) is 17.6 Å². The van der Waals surface area contributed by atoms with Crippen LogP contribution in [-0.4, -0.2) is 9.55 Å². The van der Waals surface area contributed by atoms with Gasteiger partial charge >= 0.3 is 0 Å². The fourth-order valence-corrected chi connectivity index (χ4v) is 1.55. The number of benzene rings is 1. The standard InChI is InChI=1S/C10H8ClN3/c1-2-5-14-9-4-3-7(11)6-8(9)13-10(14)12/h1,3-4,6H,5H2,(H2,12,13). The Hall–Kier alpha value is -1.66. The zero-order valence-electron chi connectivity index (χ0n) is 7.37. The Morgan fingerprint density at radius 3 is 3.07 bits per heavy atom. The number of fused-ring (bicyclic) bond motifs is 1. The number of terminal acetylenes is 1. The highest BCUT2D eigenvalue weighted by Crippen LogP contribution is 2.21. The summed E-state index contributed by atoms with van der Waals surface area (Å²) in [5.74, 6) is 2.94. The molecule has 3 nitrogen and oxygen atoms in total. The lowest BCUT2D eigenvalue weighted by Gasteiger charge is -1.99. The maximum absolute atomic E-state index is 5.83. The van der Waals surface area contributed by atoms with Gasteiger partial charge in [0.25, 0.3) is 0 Å². The first-order valence-corrected chi connectivity index (χ1v) is 4.45. The molecule has 1 aromatic heterocycles. The number of hydrogen-bond acceptors (Lipinski definition) is 2. The molecule has 14 heavy (non-hydrogen) atoms. The number of hydrogen-bond donors (Lipinski definition) is 1. The van der Waals surface area contributed by atoms with E-state index in [1.165, 1.54) is 0 Å². The van der Waals surface area contributed by atoms with Crippen molar-refractivity contribution in [2.75, 3.05) is 5.73 Å². The smallest absolute Gasteiger partial charge is 0.202 e. The molecule has 0 fully saturated rings. The van der Waals surface area contributed by atoms with Crippen LogP contribution in [0.4, 0.5) is 5.95 Å². The number of aromatic nitrogens is 2. The molecule has 0 saturated carbocycles. The summed E-state index contributed by atoms with van der Waals surface area (Å²) in [6.07, 6.45) is 5.23. The fourth-order valence-electron chi connectivity index (χ4n) is 1.38. The van der Waals surface area contributed by atoms with Crippen molar-refractivity contribution in [1.82, 2.24) is 9.55 Å². The highest BCUT2D eigenvalue weighted by molar-refractivity contribution is 6.31. The van der Waals surface area contributed by atoms with E-state index < -0.39 is 0 Å². The second-order valence-electron chi connectivity index (χ2n) is 2.89. The third kappa shape index (κ3) is 1.30. The van der Waals surface area contributed by atoms with E-state index in [-0.39, 0.29) is 0 Å². The third-order valence-corrected chi connectivity index (χ3v) is 2.22. The number of nitrogens with two attached hydrogens (primary N) is 1. The van der Waals surface area contributed by atoms with Crippen LogP contribution in [0.15, 0.2) is 18.2 Å². The van der Waals surface area contributed by atoms with Crippen molar-refractivity contribution in [3.63, 3.8) is 0 Å². The predicted molar refractivity (Wildman–Crippen MR) is 58.0 cm³/mol. The molecule has 2 aromatic rings. The number of anilines is 1. The summed E-state index contributed by atoms with van der Waals surface area (Å²) >= 11 is 5.83. The van der Waals surface area contributed by atoms with E-state index in [9.17, 15) is 0 Å². The summed E-state index contributed by atoms with van der Waals surface area (Å²) in [5, 5.41) is 0.642. The lowest BCUT2D eigenvalue weighted by atomic mass is 10.3. The molecule has 2 N–H and O–H groups in total. The van der Waals surface area contributed by atoms with Gasteiger partial charge in [0.1, 0.15) is 0 Å². The molecule has 2 rings (SSSR count). The Morgan fingerprint density at radius 1 is 1.57 bits per heavy atom. The van der Waals surface area contributed by atoms with Gasteiger partial charge in [0.15, 0.2) is 0 Å². The van der Waals surface area contributed by atoms with Crippen LogP contribution in [0.3, 0.4) is 0 Å². The molecule has 4 heteroatoms. The second kappa shape index (κ2) is 3.24. The van der Waals surface area contributed by atoms with Crippen LogP contribution in [0, 0.1) is 12.3 Å². The molecule has 0 atom stereocenters. The van der Waals surface area contributed by atoms with Gasteiger partial charge in [0.2, 0.25) is 5.95 Å². The highest BCUT2D eigenvalue weighted by atomic mass is 35.5. The topological polar surface area (TPSA) is 43.8 Å². The molecule has 1 aromatic carbocycles. The molecule has 0 bridgehead atoms. The van der Waals surface area contributed by atoms with Gasteiger partial charge in [0, 0.05) is 5.02 Å². The molecular weight excluding hydrogens is 198 g/mol. The zero-order chi connectivity index (χ0) is 10.1. The summed E-state index contributed by atoms with van der Waals surface area (Å²) in [6, 6.07) is 5.41. The first-order valence-electron chi connectivity index (χ1n) is 4.07. The van der Waals surface area contributed by atoms with Gasteiger partial charge in [-0.25, -0.2) is 4.98 Å². The molecule has 0 aliphatic rings. The number of nitrogens with zero attached hydrogens (tertiary/aromatic N) is 2. The van der Waals surface area contributed by atoms with E-state index in [4.69, 9.17) is 23.8 Å². The Kier molecular flexibility index (Phi) is 2.06. The molecule has 0 saturated heterocycles. The fraction of sp³-hybridized carbons (Fsp3) is 0.100. The SMILES string of the molecule is C#CCn1c(N)nc2cc(Cl)ccc21. The van der Waals surface area contributed by atoms with E-state index in [2.05, 4.69) is 10.9 Å². The van der Waals surface area contributed by atoms with Crippen molar-refractivity contribution >= 4 is 28.6 Å². The molecule has 0 radical (unpaired) electrons. The zero-order valence-corrected chi connectivity index (χ0v) is 8.12. The van der Waals surface area contributed by atoms with Gasteiger partial charge in [-0.2, -0.15) is 0 Å². The van der Waals surface area contributed by atoms with Crippen LogP contribution in [0.5, 0.6) is 0 Å². The van der Waals surface area contributed by atoms with Gasteiger partial charge in [-0.3, -0.25) is 4.57 Å². The average Bonchev–Trinajstić information content (AvgIpc) is 2.43. The first-order chi connectivity index (χ1) is 6.72. The Bertz CT molecular complexity index is 522. The Morgan fingerprint density at radius 2 is 2.36 bits per heavy atom. The van der Waals surface area contributed by atoms with E-state index in [0.29, 0.717) is 17.5 Å². The lowest BCUT2D eigenvalue weighted by Crippen LogP contribution is -2.01. The molecule has 0 amide bonds. The minimum absolute atomic E-state index is 0.417. The minimum atomic E-state index is 0.417. The largest absolute Gasteiger partial charge is 0.369 e. The van der Waals surface area contributed by atoms with E-state index in [1.54, 1.807) is 16.7 Å². The van der Waals surface area contributed by atoms with Crippen LogP contribution in [0.25, 0.3) is 11.0 Å². The average molecular weight is 206 g/mol. The number of rotatable bonds is 1. The molecule has 0 unspecified atom stereocenters. The number of imidazole rings is 1. The highest BCUT2D eigenvalue weighted by Gasteiger charge is 2.06. The van der Waals surface area contributed by atoms with Crippen LogP contribution >= 0.6 is 11.6 Å². The summed E-state index contributed by atoms with van der Waals surface area (Å²) in [5.41, 5.74) is 7.38. The molecule has 0 spiro atoms. The van der Waals surface area contributed by atoms with Gasteiger partial charge in [-0.05, 0) is 18.2 Å². The van der Waals surface area contributed by atoms with Gasteiger partial charge in [-0.1, -0.05) is 17.5 Å². The van der Waals surface area contributed by atoms with E-state index >= 15 is 0 Å². The quantitative estimate of drug-likeness (QED) is 0.723. The van der Waals surface area contributed by atoms with Gasteiger partial charge < -0.3 is 5.73 Å². The van der Waals surface area contributed by atoms with Crippen LogP contribution in [0.2, 0.25) is 5.02 Å². The minimum Gasteiger partial charge on any atom is -0.369 e. The normalized spacial score (nSPS) is 10.3. The summed E-state index contributed by atoms with van der Waals surface area (Å²) in [6.45, 7) is 0.421. The maximum Gasteiger partial charge on any atom is 0.202 e. The number of nitrogen functional groups attached to an aromatic ring is 1. The first kappa shape index (κ1) is 8.92. The molecule has 0 aliphatic heterocycles. The molecule has 0 aliphatic carbocycles. The summed E-state index contributed by atoms with van der Waals surface area (Å²) < 4.78 is 1.77. The predicted octanol–water partition coefficient (Wildman–Crippen LogP) is 1.91. The maximum atomic E-state index is 5.83. The number of halogens is 1. The Balaban J connectivity index is 2.72. The van der Waals surface area contributed by atoms with Crippen molar-refractivity contribution in [3.8, 4) is 12.3 Å². The van der Waals surface area contributed by atoms with Crippen LogP contribution < -0.4 is 5.73 Å². The third-order valence-electron chi connectivity index (χ3n) is 1.99. The van der Waals surface area contributed by atoms with Crippen molar-refractivity contribution in [3.05, 3.63) is 23.2 Å². The van der Waals surface area contributed by atoms with E-state index in [0.717, 1.165) is 11.0 Å². The summed E-state index contributed by atoms with van der Waals surface area (Å²) in [7, 11) is 0. The molecular formula is C10H8ClN3. The second-order valence-corrected chi connectivity index (χ2v) is 3.33. The monoisotopic (exact) mass is 205 g/mol.